The van der Waals surface area contributed by atoms with Gasteiger partial charge in [-0.2, -0.15) is 0 Å². The summed E-state index contributed by atoms with van der Waals surface area (Å²) in [6.07, 6.45) is 1.84. The molecule has 0 bridgehead atoms. The lowest BCUT2D eigenvalue weighted by atomic mass is 9.92. The summed E-state index contributed by atoms with van der Waals surface area (Å²) in [5.41, 5.74) is 2.81. The fourth-order valence-corrected chi connectivity index (χ4v) is 5.29. The van der Waals surface area contributed by atoms with Crippen molar-refractivity contribution in [3.05, 3.63) is 107 Å². The molecular formula is C31H40ClN3O. The molecule has 1 fully saturated rings. The number of hydrogen-bond donors (Lipinski definition) is 1. The molecule has 0 aromatic heterocycles. The van der Waals surface area contributed by atoms with E-state index in [2.05, 4.69) is 82.4 Å². The summed E-state index contributed by atoms with van der Waals surface area (Å²) in [6, 6.07) is 29.6. The van der Waals surface area contributed by atoms with Gasteiger partial charge in [-0.1, -0.05) is 84.4 Å². The Balaban J connectivity index is 1.21. The molecule has 192 valence electrons. The van der Waals surface area contributed by atoms with E-state index >= 15 is 0 Å². The predicted octanol–water partition coefficient (Wildman–Crippen LogP) is 5.67. The van der Waals surface area contributed by atoms with Crippen LogP contribution in [0, 0.1) is 0 Å². The SMILES string of the molecule is CN(CCCN1CCN(C(c2ccccc2)c2ccccc2)CC1)CCC(C)(O)c1ccc(Cl)cc1. The predicted molar refractivity (Wildman–Crippen MR) is 150 cm³/mol. The number of piperazine rings is 1. The molecule has 1 saturated heterocycles. The Bertz CT molecular complexity index is 995. The van der Waals surface area contributed by atoms with Gasteiger partial charge in [-0.25, -0.2) is 0 Å². The van der Waals surface area contributed by atoms with Gasteiger partial charge in [0.05, 0.1) is 11.6 Å². The summed E-state index contributed by atoms with van der Waals surface area (Å²) in [6.45, 7) is 9.26. The molecule has 1 N–H and O–H groups in total. The minimum absolute atomic E-state index is 0.314. The standard InChI is InChI=1S/C31H40ClN3O/c1-31(36,28-14-16-29(32)17-15-28)18-21-33(2)19-9-20-34-22-24-35(25-23-34)30(26-10-5-3-6-11-26)27-12-7-4-8-13-27/h3-8,10-17,30,36H,9,18-25H2,1-2H3. The summed E-state index contributed by atoms with van der Waals surface area (Å²) in [4.78, 5) is 7.56. The molecule has 0 saturated carbocycles. The number of rotatable bonds is 11. The molecule has 3 aromatic carbocycles. The number of benzene rings is 3. The van der Waals surface area contributed by atoms with E-state index in [-0.39, 0.29) is 0 Å². The largest absolute Gasteiger partial charge is 0.385 e. The van der Waals surface area contributed by atoms with Crippen LogP contribution in [0.2, 0.25) is 5.02 Å². The molecule has 1 heterocycles. The van der Waals surface area contributed by atoms with Gasteiger partial charge >= 0.3 is 0 Å². The Morgan fingerprint density at radius 2 is 1.39 bits per heavy atom. The van der Waals surface area contributed by atoms with E-state index < -0.39 is 5.60 Å². The van der Waals surface area contributed by atoms with Crippen LogP contribution in [0.3, 0.4) is 0 Å². The van der Waals surface area contributed by atoms with Crippen molar-refractivity contribution in [2.45, 2.75) is 31.4 Å². The van der Waals surface area contributed by atoms with Gasteiger partial charge in [-0.05, 0) is 68.7 Å². The van der Waals surface area contributed by atoms with Gasteiger partial charge in [0.1, 0.15) is 0 Å². The van der Waals surface area contributed by atoms with E-state index in [9.17, 15) is 5.11 Å². The molecule has 0 amide bonds. The van der Waals surface area contributed by atoms with Gasteiger partial charge in [0.2, 0.25) is 0 Å². The van der Waals surface area contributed by atoms with E-state index in [4.69, 9.17) is 11.6 Å². The first kappa shape index (κ1) is 26.8. The summed E-state index contributed by atoms with van der Waals surface area (Å²) in [5, 5.41) is 11.6. The summed E-state index contributed by atoms with van der Waals surface area (Å²) in [5.74, 6) is 0. The molecule has 36 heavy (non-hydrogen) atoms. The number of aliphatic hydroxyl groups is 1. The second-order valence-corrected chi connectivity index (χ2v) is 10.7. The topological polar surface area (TPSA) is 30.0 Å². The Hall–Kier alpha value is -2.21. The molecule has 0 aliphatic carbocycles. The second kappa shape index (κ2) is 12.8. The Morgan fingerprint density at radius 1 is 0.833 bits per heavy atom. The van der Waals surface area contributed by atoms with Gasteiger partial charge in [0, 0.05) is 37.7 Å². The first-order valence-electron chi connectivity index (χ1n) is 13.2. The Morgan fingerprint density at radius 3 is 1.94 bits per heavy atom. The first-order chi connectivity index (χ1) is 17.4. The molecule has 0 radical (unpaired) electrons. The van der Waals surface area contributed by atoms with Crippen molar-refractivity contribution in [1.29, 1.82) is 0 Å². The zero-order valence-corrected chi connectivity index (χ0v) is 22.4. The van der Waals surface area contributed by atoms with Gasteiger partial charge in [0.15, 0.2) is 0 Å². The third kappa shape index (κ3) is 7.41. The molecule has 1 aliphatic rings. The minimum Gasteiger partial charge on any atom is -0.385 e. The van der Waals surface area contributed by atoms with Crippen molar-refractivity contribution in [2.75, 3.05) is 52.9 Å². The lowest BCUT2D eigenvalue weighted by molar-refractivity contribution is 0.0378. The van der Waals surface area contributed by atoms with E-state index in [1.807, 2.05) is 31.2 Å². The maximum Gasteiger partial charge on any atom is 0.0880 e. The van der Waals surface area contributed by atoms with Crippen LogP contribution in [0.1, 0.15) is 42.5 Å². The second-order valence-electron chi connectivity index (χ2n) is 10.3. The smallest absolute Gasteiger partial charge is 0.0880 e. The minimum atomic E-state index is -0.844. The number of halogens is 1. The van der Waals surface area contributed by atoms with Crippen molar-refractivity contribution in [3.8, 4) is 0 Å². The van der Waals surface area contributed by atoms with E-state index in [0.717, 1.165) is 57.8 Å². The van der Waals surface area contributed by atoms with Crippen LogP contribution in [0.4, 0.5) is 0 Å². The zero-order chi connectivity index (χ0) is 25.4. The molecule has 4 nitrogen and oxygen atoms in total. The molecule has 1 unspecified atom stereocenters. The van der Waals surface area contributed by atoms with Crippen LogP contribution in [-0.4, -0.2) is 72.7 Å². The highest BCUT2D eigenvalue weighted by Gasteiger charge is 2.26. The van der Waals surface area contributed by atoms with E-state index in [1.54, 1.807) is 0 Å². The van der Waals surface area contributed by atoms with Gasteiger partial charge in [0.25, 0.3) is 0 Å². The molecule has 5 heteroatoms. The van der Waals surface area contributed by atoms with Crippen LogP contribution in [0.15, 0.2) is 84.9 Å². The van der Waals surface area contributed by atoms with Crippen molar-refractivity contribution < 1.29 is 5.11 Å². The van der Waals surface area contributed by atoms with Crippen LogP contribution < -0.4 is 0 Å². The number of hydrogen-bond acceptors (Lipinski definition) is 4. The van der Waals surface area contributed by atoms with Gasteiger partial charge in [-0.3, -0.25) is 4.90 Å². The normalized spacial score (nSPS) is 16.9. The van der Waals surface area contributed by atoms with Crippen LogP contribution in [0.25, 0.3) is 0 Å². The Kier molecular flexibility index (Phi) is 9.58. The van der Waals surface area contributed by atoms with Crippen molar-refractivity contribution in [3.63, 3.8) is 0 Å². The van der Waals surface area contributed by atoms with Crippen LogP contribution >= 0.6 is 11.6 Å². The summed E-state index contributed by atoms with van der Waals surface area (Å²) < 4.78 is 0. The molecule has 0 spiro atoms. The Labute approximate surface area is 222 Å². The fraction of sp³-hybridized carbons (Fsp3) is 0.419. The average Bonchev–Trinajstić information content (AvgIpc) is 2.90. The maximum absolute atomic E-state index is 10.9. The first-order valence-corrected chi connectivity index (χ1v) is 13.5. The average molecular weight is 506 g/mol. The highest BCUT2D eigenvalue weighted by molar-refractivity contribution is 6.30. The fourth-order valence-electron chi connectivity index (χ4n) is 5.17. The van der Waals surface area contributed by atoms with Crippen LogP contribution in [-0.2, 0) is 5.60 Å². The molecule has 1 aliphatic heterocycles. The van der Waals surface area contributed by atoms with Crippen molar-refractivity contribution >= 4 is 11.6 Å². The molecule has 4 rings (SSSR count). The lowest BCUT2D eigenvalue weighted by Gasteiger charge is -2.40. The van der Waals surface area contributed by atoms with Crippen molar-refractivity contribution in [2.24, 2.45) is 0 Å². The lowest BCUT2D eigenvalue weighted by Crippen LogP contribution is -2.48. The van der Waals surface area contributed by atoms with Gasteiger partial charge in [-0.15, -0.1) is 0 Å². The highest BCUT2D eigenvalue weighted by Crippen LogP contribution is 2.29. The molecule has 3 aromatic rings. The quantitative estimate of drug-likeness (QED) is 0.364. The number of nitrogens with zero attached hydrogens (tertiary/aromatic N) is 3. The molecular weight excluding hydrogens is 466 g/mol. The summed E-state index contributed by atoms with van der Waals surface area (Å²) in [7, 11) is 2.15. The van der Waals surface area contributed by atoms with E-state index in [0.29, 0.717) is 17.5 Å². The summed E-state index contributed by atoms with van der Waals surface area (Å²) >= 11 is 5.99. The monoisotopic (exact) mass is 505 g/mol. The zero-order valence-electron chi connectivity index (χ0n) is 21.7. The third-order valence-electron chi connectivity index (χ3n) is 7.46. The highest BCUT2D eigenvalue weighted by atomic mass is 35.5. The third-order valence-corrected chi connectivity index (χ3v) is 7.72. The van der Waals surface area contributed by atoms with Crippen molar-refractivity contribution in [1.82, 2.24) is 14.7 Å². The van der Waals surface area contributed by atoms with Gasteiger partial charge < -0.3 is 14.9 Å². The maximum atomic E-state index is 10.9. The van der Waals surface area contributed by atoms with Crippen LogP contribution in [0.5, 0.6) is 0 Å². The van der Waals surface area contributed by atoms with E-state index in [1.165, 1.54) is 11.1 Å². The molecule has 1 atom stereocenters.